The number of benzene rings is 2. The molecule has 1 saturated carbocycles. The third-order valence-electron chi connectivity index (χ3n) is 5.73. The average Bonchev–Trinajstić information content (AvgIpc) is 3.13. The van der Waals surface area contributed by atoms with E-state index in [4.69, 9.17) is 15.5 Å². The number of nitrogen functional groups attached to an aromatic ring is 1. The van der Waals surface area contributed by atoms with Gasteiger partial charge in [0.25, 0.3) is 0 Å². The molecule has 2 aromatic heterocycles. The largest absolute Gasteiger partial charge is 0.496 e. The molecule has 0 aliphatic heterocycles. The number of hydrogen-bond acceptors (Lipinski definition) is 6. The third kappa shape index (κ3) is 2.98. The normalized spacial score (nSPS) is 20.8. The number of rotatable bonds is 4. The first-order valence-corrected chi connectivity index (χ1v) is 9.83. The first-order valence-electron chi connectivity index (χ1n) is 9.83. The van der Waals surface area contributed by atoms with Crippen molar-refractivity contribution < 1.29 is 9.84 Å². The van der Waals surface area contributed by atoms with Crippen molar-refractivity contribution in [3.8, 4) is 28.1 Å². The van der Waals surface area contributed by atoms with E-state index < -0.39 is 5.60 Å². The van der Waals surface area contributed by atoms with Crippen LogP contribution in [-0.2, 0) is 0 Å². The number of hydrogen-bond donors (Lipinski definition) is 2. The van der Waals surface area contributed by atoms with Crippen molar-refractivity contribution in [2.75, 3.05) is 12.8 Å². The number of anilines is 1. The van der Waals surface area contributed by atoms with Crippen molar-refractivity contribution in [3.05, 3.63) is 60.7 Å². The van der Waals surface area contributed by atoms with Crippen LogP contribution in [0.5, 0.6) is 5.75 Å². The lowest BCUT2D eigenvalue weighted by molar-refractivity contribution is -0.0337. The maximum Gasteiger partial charge on any atom is 0.153 e. The number of nitrogens with zero attached hydrogens (tertiary/aromatic N) is 4. The number of aliphatic hydroxyl groups is 1. The maximum atomic E-state index is 10.2. The molecule has 0 atom stereocenters. The summed E-state index contributed by atoms with van der Waals surface area (Å²) < 4.78 is 7.43. The fourth-order valence-electron chi connectivity index (χ4n) is 4.27. The number of methoxy groups -OCH3 is 1. The molecule has 3 N–H and O–H groups in total. The smallest absolute Gasteiger partial charge is 0.153 e. The lowest BCUT2D eigenvalue weighted by Gasteiger charge is -2.39. The summed E-state index contributed by atoms with van der Waals surface area (Å²) in [5, 5.41) is 14.6. The van der Waals surface area contributed by atoms with Gasteiger partial charge in [0.1, 0.15) is 29.1 Å². The predicted octanol–water partition coefficient (Wildman–Crippen LogP) is 3.48. The van der Waals surface area contributed by atoms with Gasteiger partial charge in [-0.05, 0) is 43.5 Å². The summed E-state index contributed by atoms with van der Waals surface area (Å²) in [6, 6.07) is 16.8. The van der Waals surface area contributed by atoms with Crippen LogP contribution in [0.2, 0.25) is 0 Å². The first-order chi connectivity index (χ1) is 14.5. The van der Waals surface area contributed by atoms with Crippen molar-refractivity contribution in [2.45, 2.75) is 31.3 Å². The second-order valence-electron chi connectivity index (χ2n) is 8.03. The Morgan fingerprint density at radius 2 is 1.97 bits per heavy atom. The lowest BCUT2D eigenvalue weighted by atomic mass is 9.72. The molecule has 1 fully saturated rings. The average molecular weight is 400 g/mol. The summed E-state index contributed by atoms with van der Waals surface area (Å²) in [6.07, 6.45) is 2.72. The molecule has 5 rings (SSSR count). The van der Waals surface area contributed by atoms with Crippen molar-refractivity contribution >= 4 is 11.3 Å². The number of nitrogens with two attached hydrogens (primary N) is 1. The molecule has 1 aliphatic carbocycles. The molecule has 1 aliphatic rings. The summed E-state index contributed by atoms with van der Waals surface area (Å²) in [7, 11) is 1.66. The van der Waals surface area contributed by atoms with Crippen LogP contribution in [0, 0.1) is 6.07 Å². The number of imidazole rings is 1. The molecule has 7 nitrogen and oxygen atoms in total. The van der Waals surface area contributed by atoms with Crippen molar-refractivity contribution in [1.29, 1.82) is 0 Å². The highest BCUT2D eigenvalue weighted by Gasteiger charge is 2.42. The monoisotopic (exact) mass is 400 g/mol. The van der Waals surface area contributed by atoms with E-state index in [-0.39, 0.29) is 5.92 Å². The van der Waals surface area contributed by atoms with Crippen LogP contribution >= 0.6 is 0 Å². The highest BCUT2D eigenvalue weighted by atomic mass is 16.5. The molecule has 7 heteroatoms. The Morgan fingerprint density at radius 1 is 1.20 bits per heavy atom. The lowest BCUT2D eigenvalue weighted by Crippen LogP contribution is -2.40. The number of fused-ring (bicyclic) bond motifs is 1. The van der Waals surface area contributed by atoms with E-state index in [2.05, 4.69) is 16.1 Å². The fraction of sp³-hybridized carbons (Fsp3) is 0.261. The Kier molecular flexibility index (Phi) is 4.22. The zero-order valence-electron chi connectivity index (χ0n) is 16.8. The van der Waals surface area contributed by atoms with Crippen LogP contribution in [-0.4, -0.2) is 37.4 Å². The molecule has 0 saturated heterocycles. The van der Waals surface area contributed by atoms with Gasteiger partial charge >= 0.3 is 0 Å². The molecule has 0 bridgehead atoms. The van der Waals surface area contributed by atoms with Crippen LogP contribution in [0.1, 0.15) is 31.5 Å². The van der Waals surface area contributed by atoms with Gasteiger partial charge in [0.2, 0.25) is 0 Å². The van der Waals surface area contributed by atoms with Gasteiger partial charge in [0.05, 0.1) is 12.7 Å². The van der Waals surface area contributed by atoms with E-state index in [1.807, 2.05) is 49.4 Å². The van der Waals surface area contributed by atoms with Gasteiger partial charge in [-0.2, -0.15) is 5.10 Å². The molecule has 0 unspecified atom stereocenters. The molecule has 0 amide bonds. The highest BCUT2D eigenvalue weighted by Crippen LogP contribution is 2.45. The molecular formula is C23H22N5O2. The fourth-order valence-corrected chi connectivity index (χ4v) is 4.27. The van der Waals surface area contributed by atoms with Gasteiger partial charge < -0.3 is 15.6 Å². The molecule has 0 spiro atoms. The van der Waals surface area contributed by atoms with Gasteiger partial charge in [-0.25, -0.2) is 14.5 Å². The van der Waals surface area contributed by atoms with E-state index in [9.17, 15) is 5.11 Å². The Balaban J connectivity index is 1.65. The second kappa shape index (κ2) is 6.81. The third-order valence-corrected chi connectivity index (χ3v) is 5.73. The van der Waals surface area contributed by atoms with E-state index in [0.29, 0.717) is 29.9 Å². The van der Waals surface area contributed by atoms with Gasteiger partial charge in [-0.1, -0.05) is 30.3 Å². The second-order valence-corrected chi connectivity index (χ2v) is 8.03. The van der Waals surface area contributed by atoms with Crippen molar-refractivity contribution in [1.82, 2.24) is 19.6 Å². The Morgan fingerprint density at radius 3 is 2.67 bits per heavy atom. The maximum absolute atomic E-state index is 10.2. The summed E-state index contributed by atoms with van der Waals surface area (Å²) in [4.78, 5) is 9.06. The standard InChI is InChI=1S/C23H22N5O2/c1-23(29)11-16(12-23)22-27-19(20-21(24)25-13-26-28(20)22)15-8-9-17(18(10-15)30-2)14-6-4-3-5-7-14/h4-10,13,16,29H,11-12H2,1-2H3,(H2,24,25,26). The zero-order valence-corrected chi connectivity index (χ0v) is 16.8. The Hall–Kier alpha value is -3.45. The Labute approximate surface area is 174 Å². The van der Waals surface area contributed by atoms with E-state index in [0.717, 1.165) is 28.3 Å². The molecule has 2 heterocycles. The predicted molar refractivity (Wildman–Crippen MR) is 114 cm³/mol. The van der Waals surface area contributed by atoms with Gasteiger partial charge in [0.15, 0.2) is 5.82 Å². The van der Waals surface area contributed by atoms with E-state index in [1.54, 1.807) is 11.6 Å². The molecule has 4 aromatic rings. The number of ether oxygens (including phenoxy) is 1. The van der Waals surface area contributed by atoms with Crippen LogP contribution in [0.3, 0.4) is 0 Å². The van der Waals surface area contributed by atoms with E-state index in [1.165, 1.54) is 6.33 Å². The minimum absolute atomic E-state index is 0.122. The zero-order chi connectivity index (χ0) is 20.9. The van der Waals surface area contributed by atoms with Crippen molar-refractivity contribution in [2.24, 2.45) is 0 Å². The summed E-state index contributed by atoms with van der Waals surface area (Å²) in [6.45, 7) is 1.84. The minimum atomic E-state index is -0.660. The minimum Gasteiger partial charge on any atom is -0.496 e. The van der Waals surface area contributed by atoms with Crippen molar-refractivity contribution in [3.63, 3.8) is 0 Å². The topological polar surface area (TPSA) is 98.6 Å². The molecular weight excluding hydrogens is 378 g/mol. The van der Waals surface area contributed by atoms with E-state index >= 15 is 0 Å². The molecule has 1 radical (unpaired) electrons. The molecule has 151 valence electrons. The summed E-state index contributed by atoms with van der Waals surface area (Å²) in [5.74, 6) is 2.02. The summed E-state index contributed by atoms with van der Waals surface area (Å²) >= 11 is 0. The van der Waals surface area contributed by atoms with Crippen LogP contribution in [0.4, 0.5) is 5.82 Å². The molecule has 30 heavy (non-hydrogen) atoms. The highest BCUT2D eigenvalue weighted by molar-refractivity contribution is 5.87. The first kappa shape index (κ1) is 18.6. The van der Waals surface area contributed by atoms with Gasteiger partial charge in [-0.3, -0.25) is 0 Å². The van der Waals surface area contributed by atoms with Gasteiger partial charge in [0, 0.05) is 17.0 Å². The van der Waals surface area contributed by atoms with Crippen LogP contribution < -0.4 is 10.5 Å². The SMILES string of the molecule is COc1cc(-c2nc(C3CC(C)(O)C3)n3ncnc(N)c23)ccc1-c1cc[c]cc1. The van der Waals surface area contributed by atoms with Crippen LogP contribution in [0.25, 0.3) is 27.9 Å². The molecule has 2 aromatic carbocycles. The van der Waals surface area contributed by atoms with Gasteiger partial charge in [-0.15, -0.1) is 0 Å². The number of aromatic nitrogens is 4. The summed E-state index contributed by atoms with van der Waals surface area (Å²) in [5.41, 5.74) is 9.84. The quantitative estimate of drug-likeness (QED) is 0.544. The Bertz CT molecular complexity index is 1230. The van der Waals surface area contributed by atoms with Crippen LogP contribution in [0.15, 0.2) is 48.8 Å².